The van der Waals surface area contributed by atoms with Gasteiger partial charge in [0, 0.05) is 24.1 Å². The molecule has 0 bridgehead atoms. The Labute approximate surface area is 152 Å². The van der Waals surface area contributed by atoms with Gasteiger partial charge in [0.2, 0.25) is 10.0 Å². The van der Waals surface area contributed by atoms with Crippen LogP contribution >= 0.6 is 15.9 Å². The normalized spacial score (nSPS) is 15.2. The Kier molecular flexibility index (Phi) is 5.71. The molecule has 1 aliphatic rings. The molecule has 0 aromatic heterocycles. The van der Waals surface area contributed by atoms with E-state index in [4.69, 9.17) is 0 Å². The van der Waals surface area contributed by atoms with E-state index < -0.39 is 10.0 Å². The average Bonchev–Trinajstić information content (AvgIpc) is 2.59. The van der Waals surface area contributed by atoms with E-state index in [0.29, 0.717) is 11.4 Å². The fraction of sp³-hybridized carbons (Fsp3) is 0.333. The van der Waals surface area contributed by atoms with Gasteiger partial charge in [-0.25, -0.2) is 13.1 Å². The second-order valence-electron chi connectivity index (χ2n) is 6.00. The first-order chi connectivity index (χ1) is 11.5. The summed E-state index contributed by atoms with van der Waals surface area (Å²) in [4.78, 5) is 2.69. The summed E-state index contributed by atoms with van der Waals surface area (Å²) < 4.78 is 28.0. The highest BCUT2D eigenvalue weighted by Crippen LogP contribution is 2.18. The number of nitrogens with zero attached hydrogens (tertiary/aromatic N) is 1. The lowest BCUT2D eigenvalue weighted by Crippen LogP contribution is -2.33. The molecular weight excluding hydrogens is 388 g/mol. The first-order valence-electron chi connectivity index (χ1n) is 8.09. The molecule has 4 nitrogen and oxygen atoms in total. The highest BCUT2D eigenvalue weighted by Gasteiger charge is 2.16. The molecule has 128 valence electrons. The molecular formula is C18H21BrN2O2S. The van der Waals surface area contributed by atoms with Gasteiger partial charge in [0.05, 0.1) is 4.90 Å². The van der Waals surface area contributed by atoms with Gasteiger partial charge in [-0.1, -0.05) is 40.2 Å². The number of benzene rings is 2. The Morgan fingerprint density at radius 3 is 2.50 bits per heavy atom. The Bertz CT molecular complexity index is 791. The van der Waals surface area contributed by atoms with Crippen molar-refractivity contribution >= 4 is 26.0 Å². The molecule has 0 saturated heterocycles. The topological polar surface area (TPSA) is 49.4 Å². The van der Waals surface area contributed by atoms with Crippen LogP contribution in [0.5, 0.6) is 0 Å². The van der Waals surface area contributed by atoms with Crippen LogP contribution in [0.1, 0.15) is 17.5 Å². The minimum absolute atomic E-state index is 0.303. The third kappa shape index (κ3) is 4.45. The molecule has 0 aliphatic carbocycles. The van der Waals surface area contributed by atoms with Gasteiger partial charge >= 0.3 is 0 Å². The van der Waals surface area contributed by atoms with Gasteiger partial charge in [-0.2, -0.15) is 0 Å². The average molecular weight is 409 g/mol. The van der Waals surface area contributed by atoms with Crippen LogP contribution in [0.25, 0.3) is 0 Å². The van der Waals surface area contributed by atoms with Crippen molar-refractivity contribution in [3.8, 4) is 0 Å². The molecule has 1 heterocycles. The summed E-state index contributed by atoms with van der Waals surface area (Å²) in [5.74, 6) is 0. The molecule has 1 aliphatic heterocycles. The molecule has 24 heavy (non-hydrogen) atoms. The molecule has 0 unspecified atom stereocenters. The van der Waals surface area contributed by atoms with Gasteiger partial charge in [-0.3, -0.25) is 4.90 Å². The molecule has 6 heteroatoms. The lowest BCUT2D eigenvalue weighted by Gasteiger charge is -2.28. The van der Waals surface area contributed by atoms with Gasteiger partial charge in [0.25, 0.3) is 0 Å². The highest BCUT2D eigenvalue weighted by molar-refractivity contribution is 9.10. The van der Waals surface area contributed by atoms with E-state index in [-0.39, 0.29) is 0 Å². The van der Waals surface area contributed by atoms with E-state index in [1.807, 2.05) is 0 Å². The maximum Gasteiger partial charge on any atom is 0.240 e. The fourth-order valence-corrected chi connectivity index (χ4v) is 4.29. The number of nitrogens with one attached hydrogen (secondary N) is 1. The third-order valence-electron chi connectivity index (χ3n) is 4.28. The van der Waals surface area contributed by atoms with E-state index in [2.05, 4.69) is 49.8 Å². The summed E-state index contributed by atoms with van der Waals surface area (Å²) in [6, 6.07) is 15.2. The number of hydrogen-bond acceptors (Lipinski definition) is 3. The van der Waals surface area contributed by atoms with Crippen molar-refractivity contribution in [3.63, 3.8) is 0 Å². The van der Waals surface area contributed by atoms with Crippen molar-refractivity contribution in [2.75, 3.05) is 19.6 Å². The zero-order chi connectivity index (χ0) is 17.0. The Morgan fingerprint density at radius 1 is 1.04 bits per heavy atom. The Balaban J connectivity index is 1.47. The second-order valence-corrected chi connectivity index (χ2v) is 8.68. The Hall–Kier alpha value is -1.21. The quantitative estimate of drug-likeness (QED) is 0.746. The van der Waals surface area contributed by atoms with E-state index in [1.165, 1.54) is 11.1 Å². The Morgan fingerprint density at radius 2 is 1.75 bits per heavy atom. The van der Waals surface area contributed by atoms with Crippen molar-refractivity contribution in [2.24, 2.45) is 0 Å². The van der Waals surface area contributed by atoms with Crippen LogP contribution < -0.4 is 4.72 Å². The van der Waals surface area contributed by atoms with E-state index in [0.717, 1.165) is 36.9 Å². The summed E-state index contributed by atoms with van der Waals surface area (Å²) in [6.07, 6.45) is 1.87. The standard InChI is InChI=1S/C18H21BrN2O2S/c19-17-6-8-18(9-7-17)24(22,23)20-11-3-12-21-13-10-15-4-1-2-5-16(15)14-21/h1-2,4-9,20H,3,10-14H2. The van der Waals surface area contributed by atoms with Crippen LogP contribution in [0.4, 0.5) is 0 Å². The lowest BCUT2D eigenvalue weighted by atomic mass is 10.00. The van der Waals surface area contributed by atoms with Crippen molar-refractivity contribution in [1.82, 2.24) is 9.62 Å². The van der Waals surface area contributed by atoms with Crippen LogP contribution in [0.15, 0.2) is 57.9 Å². The van der Waals surface area contributed by atoms with Crippen LogP contribution in [-0.4, -0.2) is 33.0 Å². The number of sulfonamides is 1. The molecule has 0 atom stereocenters. The second kappa shape index (κ2) is 7.78. The first-order valence-corrected chi connectivity index (χ1v) is 10.4. The van der Waals surface area contributed by atoms with E-state index in [1.54, 1.807) is 24.3 Å². The summed E-state index contributed by atoms with van der Waals surface area (Å²) in [6.45, 7) is 3.35. The van der Waals surface area contributed by atoms with E-state index >= 15 is 0 Å². The number of hydrogen-bond donors (Lipinski definition) is 1. The maximum atomic E-state index is 12.2. The summed E-state index contributed by atoms with van der Waals surface area (Å²) in [5.41, 5.74) is 2.82. The minimum Gasteiger partial charge on any atom is -0.299 e. The summed E-state index contributed by atoms with van der Waals surface area (Å²) in [7, 11) is -3.42. The third-order valence-corrected chi connectivity index (χ3v) is 6.28. The SMILES string of the molecule is O=S(=O)(NCCCN1CCc2ccccc2C1)c1ccc(Br)cc1. The molecule has 0 saturated carbocycles. The van der Waals surface area contributed by atoms with Gasteiger partial charge in [0.15, 0.2) is 0 Å². The summed E-state index contributed by atoms with van der Waals surface area (Å²) >= 11 is 3.31. The lowest BCUT2D eigenvalue weighted by molar-refractivity contribution is 0.251. The van der Waals surface area contributed by atoms with Crippen molar-refractivity contribution in [2.45, 2.75) is 24.3 Å². The number of fused-ring (bicyclic) bond motifs is 1. The van der Waals surface area contributed by atoms with Crippen molar-refractivity contribution < 1.29 is 8.42 Å². The van der Waals surface area contributed by atoms with Crippen LogP contribution in [-0.2, 0) is 23.0 Å². The molecule has 2 aromatic carbocycles. The summed E-state index contributed by atoms with van der Waals surface area (Å²) in [5, 5.41) is 0. The van der Waals surface area contributed by atoms with Gasteiger partial charge < -0.3 is 0 Å². The van der Waals surface area contributed by atoms with Gasteiger partial charge in [-0.05, 0) is 54.8 Å². The largest absolute Gasteiger partial charge is 0.299 e. The smallest absolute Gasteiger partial charge is 0.240 e. The predicted octanol–water partition coefficient (Wildman–Crippen LogP) is 3.18. The highest BCUT2D eigenvalue weighted by atomic mass is 79.9. The molecule has 2 aromatic rings. The minimum atomic E-state index is -3.42. The molecule has 3 rings (SSSR count). The van der Waals surface area contributed by atoms with Gasteiger partial charge in [0.1, 0.15) is 0 Å². The predicted molar refractivity (Wildman–Crippen MR) is 99.4 cm³/mol. The maximum absolute atomic E-state index is 12.2. The molecule has 0 spiro atoms. The monoisotopic (exact) mass is 408 g/mol. The molecule has 0 radical (unpaired) electrons. The number of rotatable bonds is 6. The fourth-order valence-electron chi connectivity index (χ4n) is 2.95. The zero-order valence-corrected chi connectivity index (χ0v) is 15.8. The molecule has 0 amide bonds. The number of halogens is 1. The molecule has 1 N–H and O–H groups in total. The molecule has 0 fully saturated rings. The van der Waals surface area contributed by atoms with Crippen molar-refractivity contribution in [3.05, 3.63) is 64.1 Å². The van der Waals surface area contributed by atoms with E-state index in [9.17, 15) is 8.42 Å². The zero-order valence-electron chi connectivity index (χ0n) is 13.4. The van der Waals surface area contributed by atoms with Crippen LogP contribution in [0.2, 0.25) is 0 Å². The van der Waals surface area contributed by atoms with Gasteiger partial charge in [-0.15, -0.1) is 0 Å². The van der Waals surface area contributed by atoms with Crippen LogP contribution in [0.3, 0.4) is 0 Å². The van der Waals surface area contributed by atoms with Crippen LogP contribution in [0, 0.1) is 0 Å². The first kappa shape index (κ1) is 17.6. The van der Waals surface area contributed by atoms with Crippen molar-refractivity contribution in [1.29, 1.82) is 0 Å².